The van der Waals surface area contributed by atoms with Crippen LogP contribution in [0.4, 0.5) is 0 Å². The average molecular weight is 535 g/mol. The minimum absolute atomic E-state index is 0.0748. The van der Waals surface area contributed by atoms with E-state index < -0.39 is 11.9 Å². The second kappa shape index (κ2) is 11.8. The normalized spacial score (nSPS) is 11.5. The summed E-state index contributed by atoms with van der Waals surface area (Å²) in [5.74, 6) is 1.21. The van der Waals surface area contributed by atoms with Gasteiger partial charge in [0.05, 0.1) is 60.0 Å². The Morgan fingerprint density at radius 1 is 0.795 bits per heavy atom. The van der Waals surface area contributed by atoms with Crippen molar-refractivity contribution >= 4 is 16.9 Å². The smallest absolute Gasteiger partial charge is 0.306 e. The predicted octanol–water partition coefficient (Wildman–Crippen LogP) is 5.20. The molecule has 0 spiro atoms. The van der Waals surface area contributed by atoms with Crippen LogP contribution in [-0.2, 0) is 9.53 Å². The Morgan fingerprint density at radius 2 is 1.44 bits per heavy atom. The van der Waals surface area contributed by atoms with E-state index in [1.54, 1.807) is 55.6 Å². The van der Waals surface area contributed by atoms with Gasteiger partial charge in [-0.3, -0.25) is 9.59 Å². The molecule has 0 bridgehead atoms. The Morgan fingerprint density at radius 3 is 1.97 bits per heavy atom. The summed E-state index contributed by atoms with van der Waals surface area (Å²) in [4.78, 5) is 26.3. The Hall–Kier alpha value is -4.66. The second-order valence-corrected chi connectivity index (χ2v) is 8.56. The third-order valence-corrected chi connectivity index (χ3v) is 6.60. The Bertz CT molecular complexity index is 1510. The molecule has 0 aliphatic rings. The molecule has 0 fully saturated rings. The predicted molar refractivity (Wildman–Crippen MR) is 146 cm³/mol. The third kappa shape index (κ3) is 5.20. The first-order chi connectivity index (χ1) is 18.9. The molecule has 0 radical (unpaired) electrons. The minimum Gasteiger partial charge on any atom is -0.497 e. The Kier molecular flexibility index (Phi) is 8.29. The van der Waals surface area contributed by atoms with Crippen molar-refractivity contribution in [2.75, 3.05) is 42.7 Å². The number of esters is 1. The van der Waals surface area contributed by atoms with Gasteiger partial charge in [-0.1, -0.05) is 12.1 Å². The van der Waals surface area contributed by atoms with Crippen molar-refractivity contribution in [2.45, 2.75) is 12.3 Å². The van der Waals surface area contributed by atoms with Gasteiger partial charge in [0, 0.05) is 11.5 Å². The third-order valence-electron chi connectivity index (χ3n) is 6.60. The molecule has 0 N–H and O–H groups in total. The molecule has 4 rings (SSSR count). The molecule has 0 unspecified atom stereocenters. The van der Waals surface area contributed by atoms with Crippen LogP contribution in [0.1, 0.15) is 23.5 Å². The van der Waals surface area contributed by atoms with Crippen LogP contribution in [0.3, 0.4) is 0 Å². The van der Waals surface area contributed by atoms with Crippen molar-refractivity contribution in [3.05, 3.63) is 76.1 Å². The molecule has 3 aromatic carbocycles. The molecule has 1 atom stereocenters. The summed E-state index contributed by atoms with van der Waals surface area (Å²) in [6.45, 7) is 0. The van der Waals surface area contributed by atoms with Gasteiger partial charge in [0.15, 0.2) is 11.5 Å². The maximum atomic E-state index is 13.7. The quantitative estimate of drug-likeness (QED) is 0.254. The molecule has 0 aliphatic carbocycles. The topological polar surface area (TPSA) is 103 Å². The first-order valence-electron chi connectivity index (χ1n) is 12.0. The number of benzene rings is 3. The maximum absolute atomic E-state index is 13.7. The first-order valence-corrected chi connectivity index (χ1v) is 12.0. The van der Waals surface area contributed by atoms with Crippen LogP contribution in [0.15, 0.2) is 64.0 Å². The molecule has 39 heavy (non-hydrogen) atoms. The van der Waals surface area contributed by atoms with E-state index in [0.717, 1.165) is 0 Å². The van der Waals surface area contributed by atoms with Crippen LogP contribution in [0.2, 0.25) is 0 Å². The number of carbonyl (C=O) groups is 1. The zero-order valence-corrected chi connectivity index (χ0v) is 22.7. The fraction of sp³-hybridized carbons (Fsp3) is 0.267. The summed E-state index contributed by atoms with van der Waals surface area (Å²) in [6, 6.07) is 14.0. The van der Waals surface area contributed by atoms with E-state index in [1.165, 1.54) is 41.8 Å². The van der Waals surface area contributed by atoms with Crippen LogP contribution in [0.25, 0.3) is 22.1 Å². The summed E-state index contributed by atoms with van der Waals surface area (Å²) in [5.41, 5.74) is 2.28. The number of ether oxygens (including phenoxy) is 6. The Balaban J connectivity index is 1.99. The monoisotopic (exact) mass is 534 g/mol. The molecule has 0 saturated carbocycles. The lowest BCUT2D eigenvalue weighted by atomic mass is 9.86. The lowest BCUT2D eigenvalue weighted by Crippen LogP contribution is -2.14. The lowest BCUT2D eigenvalue weighted by Gasteiger charge is -2.23. The maximum Gasteiger partial charge on any atom is 0.306 e. The van der Waals surface area contributed by atoms with Crippen molar-refractivity contribution in [3.63, 3.8) is 0 Å². The van der Waals surface area contributed by atoms with Crippen molar-refractivity contribution in [1.82, 2.24) is 0 Å². The van der Waals surface area contributed by atoms with E-state index >= 15 is 0 Å². The minimum atomic E-state index is -0.653. The van der Waals surface area contributed by atoms with E-state index in [4.69, 9.17) is 32.8 Å². The summed E-state index contributed by atoms with van der Waals surface area (Å²) in [6.07, 6.45) is 1.34. The molecular formula is C30H30O9. The first kappa shape index (κ1) is 27.4. The fourth-order valence-corrected chi connectivity index (χ4v) is 4.62. The van der Waals surface area contributed by atoms with Crippen molar-refractivity contribution in [3.8, 4) is 39.9 Å². The van der Waals surface area contributed by atoms with Crippen molar-refractivity contribution in [1.29, 1.82) is 0 Å². The number of hydrogen-bond acceptors (Lipinski definition) is 9. The molecule has 204 valence electrons. The van der Waals surface area contributed by atoms with E-state index in [9.17, 15) is 9.59 Å². The van der Waals surface area contributed by atoms with Gasteiger partial charge in [0.25, 0.3) is 0 Å². The summed E-state index contributed by atoms with van der Waals surface area (Å²) < 4.78 is 38.6. The Labute approximate surface area is 225 Å². The molecule has 9 nitrogen and oxygen atoms in total. The van der Waals surface area contributed by atoms with Crippen LogP contribution >= 0.6 is 0 Å². The highest BCUT2D eigenvalue weighted by Crippen LogP contribution is 2.45. The number of methoxy groups -OCH3 is 6. The van der Waals surface area contributed by atoms with Crippen LogP contribution in [-0.4, -0.2) is 48.6 Å². The highest BCUT2D eigenvalue weighted by Gasteiger charge is 2.29. The fourth-order valence-electron chi connectivity index (χ4n) is 4.62. The SMILES string of the molecule is COC(=O)C[C@H](c1cc(OC)c(OC)c(OC)c1)c1c(OC)ccc2c(=O)c(-c3ccc(OC)cc3)coc12. The van der Waals surface area contributed by atoms with Gasteiger partial charge in [0.1, 0.15) is 23.3 Å². The molecule has 9 heteroatoms. The van der Waals surface area contributed by atoms with Crippen LogP contribution in [0, 0.1) is 0 Å². The number of fused-ring (bicyclic) bond motifs is 1. The van der Waals surface area contributed by atoms with E-state index in [0.29, 0.717) is 62.0 Å². The molecule has 0 aliphatic heterocycles. The molecule has 4 aromatic rings. The summed E-state index contributed by atoms with van der Waals surface area (Å²) in [5, 5.41) is 0.335. The van der Waals surface area contributed by atoms with Gasteiger partial charge < -0.3 is 32.8 Å². The summed E-state index contributed by atoms with van der Waals surface area (Å²) >= 11 is 0. The van der Waals surface area contributed by atoms with Crippen LogP contribution in [0.5, 0.6) is 28.7 Å². The molecule has 1 aromatic heterocycles. The number of carbonyl (C=O) groups excluding carboxylic acids is 1. The van der Waals surface area contributed by atoms with Gasteiger partial charge in [-0.2, -0.15) is 0 Å². The van der Waals surface area contributed by atoms with Gasteiger partial charge in [-0.05, 0) is 47.5 Å². The van der Waals surface area contributed by atoms with Gasteiger partial charge in [0.2, 0.25) is 11.2 Å². The van der Waals surface area contributed by atoms with E-state index in [-0.39, 0.29) is 11.8 Å². The molecular weight excluding hydrogens is 504 g/mol. The lowest BCUT2D eigenvalue weighted by molar-refractivity contribution is -0.140. The second-order valence-electron chi connectivity index (χ2n) is 8.56. The summed E-state index contributed by atoms with van der Waals surface area (Å²) in [7, 11) is 8.93. The highest BCUT2D eigenvalue weighted by molar-refractivity contribution is 5.87. The van der Waals surface area contributed by atoms with Gasteiger partial charge in [-0.15, -0.1) is 0 Å². The van der Waals surface area contributed by atoms with Crippen molar-refractivity contribution in [2.24, 2.45) is 0 Å². The van der Waals surface area contributed by atoms with Gasteiger partial charge in [-0.25, -0.2) is 0 Å². The van der Waals surface area contributed by atoms with Crippen molar-refractivity contribution < 1.29 is 37.6 Å². The molecule has 0 amide bonds. The number of hydrogen-bond donors (Lipinski definition) is 0. The van der Waals surface area contributed by atoms with Gasteiger partial charge >= 0.3 is 5.97 Å². The molecule has 1 heterocycles. The van der Waals surface area contributed by atoms with E-state index in [2.05, 4.69) is 0 Å². The van der Waals surface area contributed by atoms with Crippen LogP contribution < -0.4 is 29.1 Å². The van der Waals surface area contributed by atoms with E-state index in [1.807, 2.05) is 0 Å². The standard InChI is InChI=1S/C30H30O9/c1-33-19-9-7-17(8-10-19)22-16-39-29-20(28(22)32)11-12-23(34-2)27(29)21(15-26(31)37-5)18-13-24(35-3)30(38-6)25(14-18)36-4/h7-14,16,21H,15H2,1-6H3/t21-/m1/s1. The highest BCUT2D eigenvalue weighted by atomic mass is 16.5. The number of rotatable bonds is 10. The average Bonchev–Trinajstić information content (AvgIpc) is 2.98. The zero-order chi connectivity index (χ0) is 28.1. The molecule has 0 saturated heterocycles. The zero-order valence-electron chi connectivity index (χ0n) is 22.7. The largest absolute Gasteiger partial charge is 0.497 e.